The number of rotatable bonds is 8. The zero-order chi connectivity index (χ0) is 18.5. The lowest BCUT2D eigenvalue weighted by atomic mass is 10.1. The van der Waals surface area contributed by atoms with E-state index in [1.807, 2.05) is 0 Å². The predicted molar refractivity (Wildman–Crippen MR) is 105 cm³/mol. The van der Waals surface area contributed by atoms with Gasteiger partial charge in [-0.3, -0.25) is 0 Å². The van der Waals surface area contributed by atoms with Gasteiger partial charge in [-0.2, -0.15) is 0 Å². The Morgan fingerprint density at radius 2 is 1.92 bits per heavy atom. The molecule has 2 atom stereocenters. The minimum Gasteiger partial charge on any atom is -0.488 e. The van der Waals surface area contributed by atoms with Crippen LogP contribution in [0.1, 0.15) is 47.0 Å². The highest BCUT2D eigenvalue weighted by atomic mass is 79.9. The van der Waals surface area contributed by atoms with Crippen LogP contribution in [0.15, 0.2) is 22.7 Å². The van der Waals surface area contributed by atoms with E-state index in [0.717, 1.165) is 19.3 Å². The summed E-state index contributed by atoms with van der Waals surface area (Å²) in [6.07, 6.45) is 2.60. The highest BCUT2D eigenvalue weighted by Gasteiger charge is 2.40. The second kappa shape index (κ2) is 8.81. The second-order valence-corrected chi connectivity index (χ2v) is 13.4. The van der Waals surface area contributed by atoms with Gasteiger partial charge in [0.05, 0.1) is 10.6 Å². The normalized spacial score (nSPS) is 15.2. The highest BCUT2D eigenvalue weighted by molar-refractivity contribution is 9.10. The maximum absolute atomic E-state index is 13.4. The van der Waals surface area contributed by atoms with E-state index in [1.165, 1.54) is 6.07 Å². The van der Waals surface area contributed by atoms with Gasteiger partial charge in [0, 0.05) is 0 Å². The van der Waals surface area contributed by atoms with Gasteiger partial charge in [0.25, 0.3) is 0 Å². The molecule has 0 fully saturated rings. The highest BCUT2D eigenvalue weighted by Crippen LogP contribution is 2.38. The van der Waals surface area contributed by atoms with Crippen molar-refractivity contribution in [2.24, 2.45) is 0 Å². The molecule has 0 N–H and O–H groups in total. The number of ether oxygens (including phenoxy) is 1. The van der Waals surface area contributed by atoms with Crippen LogP contribution in [0.4, 0.5) is 4.39 Å². The van der Waals surface area contributed by atoms with E-state index in [0.29, 0.717) is 10.2 Å². The molecule has 2 nitrogen and oxygen atoms in total. The van der Waals surface area contributed by atoms with Crippen LogP contribution in [0.25, 0.3) is 0 Å². The number of unbranched alkanes of at least 4 members (excludes halogenated alkanes) is 1. The van der Waals surface area contributed by atoms with Crippen molar-refractivity contribution in [3.8, 4) is 5.75 Å². The third-order valence-electron chi connectivity index (χ3n) is 4.69. The van der Waals surface area contributed by atoms with E-state index >= 15 is 0 Å². The Morgan fingerprint density at radius 3 is 2.42 bits per heavy atom. The van der Waals surface area contributed by atoms with Crippen molar-refractivity contribution in [2.75, 3.05) is 0 Å². The molecule has 0 bridgehead atoms. The third kappa shape index (κ3) is 6.16. The SMILES string of the molecule is [CH2]C(O[Si](C)(C)C(C)(C)C)C(CCCC)Oc1ccc(F)c(Br)c1. The van der Waals surface area contributed by atoms with Crippen molar-refractivity contribution in [3.63, 3.8) is 0 Å². The maximum atomic E-state index is 13.4. The standard InChI is InChI=1S/C19H31BrFO2Si/c1-8-9-10-18(14(2)23-24(6,7)19(3,4)5)22-15-11-12-17(21)16(20)13-15/h11-14,18H,2,8-10H2,1,3-7H3. The van der Waals surface area contributed by atoms with Crippen molar-refractivity contribution < 1.29 is 13.6 Å². The lowest BCUT2D eigenvalue weighted by molar-refractivity contribution is 0.0646. The van der Waals surface area contributed by atoms with Crippen LogP contribution in [0.2, 0.25) is 18.1 Å². The van der Waals surface area contributed by atoms with Gasteiger partial charge in [-0.05, 0) is 72.0 Å². The van der Waals surface area contributed by atoms with Gasteiger partial charge < -0.3 is 9.16 Å². The summed E-state index contributed by atoms with van der Waals surface area (Å²) in [6, 6.07) is 4.72. The second-order valence-electron chi connectivity index (χ2n) is 7.79. The van der Waals surface area contributed by atoms with Crippen LogP contribution in [0.5, 0.6) is 5.75 Å². The van der Waals surface area contributed by atoms with Crippen molar-refractivity contribution in [1.29, 1.82) is 0 Å². The quantitative estimate of drug-likeness (QED) is 0.435. The number of hydrogen-bond donors (Lipinski definition) is 0. The van der Waals surface area contributed by atoms with Gasteiger partial charge in [-0.1, -0.05) is 34.1 Å². The summed E-state index contributed by atoms with van der Waals surface area (Å²) in [5.41, 5.74) is 0. The lowest BCUT2D eigenvalue weighted by Crippen LogP contribution is -2.47. The molecule has 0 aromatic heterocycles. The van der Waals surface area contributed by atoms with Crippen LogP contribution >= 0.6 is 15.9 Å². The van der Waals surface area contributed by atoms with Gasteiger partial charge in [0.15, 0.2) is 8.32 Å². The van der Waals surface area contributed by atoms with Crippen molar-refractivity contribution >= 4 is 24.2 Å². The minimum atomic E-state index is -1.92. The van der Waals surface area contributed by atoms with Gasteiger partial charge in [0.2, 0.25) is 0 Å². The molecule has 0 heterocycles. The van der Waals surface area contributed by atoms with Gasteiger partial charge in [-0.15, -0.1) is 0 Å². The molecule has 5 heteroatoms. The summed E-state index contributed by atoms with van der Waals surface area (Å²) < 4.78 is 26.3. The molecule has 1 rings (SSSR count). The van der Waals surface area contributed by atoms with Crippen LogP contribution in [-0.2, 0) is 4.43 Å². The topological polar surface area (TPSA) is 18.5 Å². The largest absolute Gasteiger partial charge is 0.488 e. The Kier molecular flexibility index (Phi) is 7.95. The summed E-state index contributed by atoms with van der Waals surface area (Å²) in [6.45, 7) is 17.5. The Labute approximate surface area is 156 Å². The number of hydrogen-bond acceptors (Lipinski definition) is 2. The number of benzene rings is 1. The predicted octanol–water partition coefficient (Wildman–Crippen LogP) is 6.75. The van der Waals surface area contributed by atoms with Gasteiger partial charge in [0.1, 0.15) is 17.7 Å². The van der Waals surface area contributed by atoms with Crippen molar-refractivity contribution in [3.05, 3.63) is 35.4 Å². The zero-order valence-electron chi connectivity index (χ0n) is 15.8. The molecule has 0 saturated carbocycles. The molecule has 1 aromatic rings. The van der Waals surface area contributed by atoms with Crippen LogP contribution in [0, 0.1) is 12.7 Å². The first-order valence-electron chi connectivity index (χ1n) is 8.60. The molecular weight excluding hydrogens is 387 g/mol. The summed E-state index contributed by atoms with van der Waals surface area (Å²) in [5.74, 6) is 0.341. The molecule has 0 aliphatic rings. The summed E-state index contributed by atoms with van der Waals surface area (Å²) >= 11 is 3.21. The molecule has 137 valence electrons. The molecule has 1 aromatic carbocycles. The molecule has 0 aliphatic heterocycles. The number of halogens is 2. The third-order valence-corrected chi connectivity index (χ3v) is 9.80. The summed E-state index contributed by atoms with van der Waals surface area (Å²) in [5, 5.41) is 0.122. The first-order chi connectivity index (χ1) is 11.0. The fourth-order valence-electron chi connectivity index (χ4n) is 2.08. The monoisotopic (exact) mass is 417 g/mol. The first kappa shape index (κ1) is 21.6. The average Bonchev–Trinajstić information content (AvgIpc) is 2.45. The van der Waals surface area contributed by atoms with E-state index < -0.39 is 8.32 Å². The molecule has 1 radical (unpaired) electrons. The smallest absolute Gasteiger partial charge is 0.192 e. The first-order valence-corrected chi connectivity index (χ1v) is 12.3. The zero-order valence-corrected chi connectivity index (χ0v) is 18.4. The summed E-state index contributed by atoms with van der Waals surface area (Å²) in [7, 11) is -1.92. The van der Waals surface area contributed by atoms with Crippen LogP contribution in [-0.4, -0.2) is 20.5 Å². The van der Waals surface area contributed by atoms with E-state index in [4.69, 9.17) is 9.16 Å². The minimum absolute atomic E-state index is 0.122. The van der Waals surface area contributed by atoms with E-state index in [-0.39, 0.29) is 23.1 Å². The van der Waals surface area contributed by atoms with Crippen molar-refractivity contribution in [1.82, 2.24) is 0 Å². The van der Waals surface area contributed by atoms with E-state index in [1.54, 1.807) is 12.1 Å². The summed E-state index contributed by atoms with van der Waals surface area (Å²) in [4.78, 5) is 0. The Balaban J connectivity index is 2.89. The van der Waals surface area contributed by atoms with Crippen LogP contribution in [0.3, 0.4) is 0 Å². The molecular formula is C19H31BrFO2Si. The molecule has 0 aliphatic carbocycles. The van der Waals surface area contributed by atoms with E-state index in [2.05, 4.69) is 63.6 Å². The Morgan fingerprint density at radius 1 is 1.29 bits per heavy atom. The molecule has 2 unspecified atom stereocenters. The Bertz CT molecular complexity index is 529. The molecule has 24 heavy (non-hydrogen) atoms. The average molecular weight is 418 g/mol. The fraction of sp³-hybridized carbons (Fsp3) is 0.632. The Hall–Kier alpha value is -0.393. The maximum Gasteiger partial charge on any atom is 0.192 e. The molecule has 0 spiro atoms. The fourth-order valence-corrected chi connectivity index (χ4v) is 3.70. The lowest BCUT2D eigenvalue weighted by Gasteiger charge is -2.40. The van der Waals surface area contributed by atoms with Crippen LogP contribution < -0.4 is 4.74 Å². The van der Waals surface area contributed by atoms with E-state index in [9.17, 15) is 4.39 Å². The molecule has 0 saturated heterocycles. The van der Waals surface area contributed by atoms with Gasteiger partial charge in [-0.25, -0.2) is 4.39 Å². The van der Waals surface area contributed by atoms with Crippen molar-refractivity contribution in [2.45, 2.75) is 77.3 Å². The van der Waals surface area contributed by atoms with Gasteiger partial charge >= 0.3 is 0 Å². The molecule has 0 amide bonds.